The largest absolute Gasteiger partial charge is 0.347 e. The van der Waals surface area contributed by atoms with Crippen molar-refractivity contribution in [2.45, 2.75) is 38.6 Å². The van der Waals surface area contributed by atoms with Crippen LogP contribution in [0.25, 0.3) is 0 Å². The smallest absolute Gasteiger partial charge is 0.170 e. The van der Waals surface area contributed by atoms with Crippen LogP contribution in [0, 0.1) is 17.2 Å². The normalized spacial score (nSPS) is 40.1. The summed E-state index contributed by atoms with van der Waals surface area (Å²) in [5.41, 5.74) is 0. The van der Waals surface area contributed by atoms with Gasteiger partial charge in [-0.15, -0.1) is 0 Å². The molecule has 0 bridgehead atoms. The minimum Gasteiger partial charge on any atom is -0.347 e. The van der Waals surface area contributed by atoms with Gasteiger partial charge in [0.2, 0.25) is 0 Å². The molecule has 0 aliphatic carbocycles. The van der Waals surface area contributed by atoms with Crippen molar-refractivity contribution in [3.63, 3.8) is 0 Å². The lowest BCUT2D eigenvalue weighted by Gasteiger charge is -2.29. The average molecular weight is 224 g/mol. The zero-order valence-corrected chi connectivity index (χ0v) is 10.1. The molecule has 0 radical (unpaired) electrons. The quantitative estimate of drug-likeness (QED) is 0.726. The predicted molar refractivity (Wildman–Crippen MR) is 59.7 cm³/mol. The highest BCUT2D eigenvalue weighted by atomic mass is 16.7. The number of nitrogens with zero attached hydrogens (tertiary/aromatic N) is 2. The van der Waals surface area contributed by atoms with Crippen molar-refractivity contribution < 1.29 is 9.47 Å². The maximum Gasteiger partial charge on any atom is 0.170 e. The molecule has 2 saturated heterocycles. The summed E-state index contributed by atoms with van der Waals surface area (Å²) >= 11 is 0. The van der Waals surface area contributed by atoms with Crippen LogP contribution in [-0.4, -0.2) is 43.0 Å². The van der Waals surface area contributed by atoms with Crippen LogP contribution >= 0.6 is 0 Å². The SMILES string of the molecule is CCN1CCC(C2(C)OCC(CC#N)O2)C1. The topological polar surface area (TPSA) is 45.5 Å². The van der Waals surface area contributed by atoms with Crippen molar-refractivity contribution in [3.8, 4) is 6.07 Å². The number of rotatable bonds is 3. The fourth-order valence-electron chi connectivity index (χ4n) is 2.62. The first-order chi connectivity index (χ1) is 7.68. The molecule has 2 aliphatic rings. The number of nitriles is 1. The summed E-state index contributed by atoms with van der Waals surface area (Å²) in [6.45, 7) is 8.04. The third kappa shape index (κ3) is 2.22. The molecular formula is C12H20N2O2. The molecule has 4 nitrogen and oxygen atoms in total. The molecular weight excluding hydrogens is 204 g/mol. The van der Waals surface area contributed by atoms with E-state index in [4.69, 9.17) is 14.7 Å². The van der Waals surface area contributed by atoms with Gasteiger partial charge in [0, 0.05) is 12.5 Å². The van der Waals surface area contributed by atoms with Gasteiger partial charge in [0.25, 0.3) is 0 Å². The van der Waals surface area contributed by atoms with Crippen molar-refractivity contribution in [2.24, 2.45) is 5.92 Å². The second kappa shape index (κ2) is 4.70. The Bertz CT molecular complexity index is 289. The van der Waals surface area contributed by atoms with Crippen molar-refractivity contribution in [2.75, 3.05) is 26.2 Å². The molecule has 0 saturated carbocycles. The Labute approximate surface area is 97.1 Å². The van der Waals surface area contributed by atoms with E-state index in [9.17, 15) is 0 Å². The second-order valence-electron chi connectivity index (χ2n) is 4.81. The molecule has 4 heteroatoms. The van der Waals surface area contributed by atoms with E-state index < -0.39 is 5.79 Å². The number of likely N-dealkylation sites (tertiary alicyclic amines) is 1. The Morgan fingerprint density at radius 3 is 3.00 bits per heavy atom. The van der Waals surface area contributed by atoms with E-state index in [1.54, 1.807) is 0 Å². The Hall–Kier alpha value is -0.630. The Morgan fingerprint density at radius 2 is 2.38 bits per heavy atom. The van der Waals surface area contributed by atoms with E-state index in [1.807, 2.05) is 6.92 Å². The minimum atomic E-state index is -0.467. The van der Waals surface area contributed by atoms with E-state index in [1.165, 1.54) is 0 Å². The zero-order chi connectivity index (χ0) is 11.6. The van der Waals surface area contributed by atoms with Gasteiger partial charge in [-0.05, 0) is 26.4 Å². The summed E-state index contributed by atoms with van der Waals surface area (Å²) < 4.78 is 11.7. The first kappa shape index (κ1) is 11.8. The van der Waals surface area contributed by atoms with E-state index >= 15 is 0 Å². The van der Waals surface area contributed by atoms with Crippen LogP contribution in [0.3, 0.4) is 0 Å². The van der Waals surface area contributed by atoms with Crippen LogP contribution < -0.4 is 0 Å². The predicted octanol–water partition coefficient (Wildman–Crippen LogP) is 1.37. The molecule has 90 valence electrons. The molecule has 2 aliphatic heterocycles. The summed E-state index contributed by atoms with van der Waals surface area (Å²) in [6.07, 6.45) is 1.52. The van der Waals surface area contributed by atoms with Crippen LogP contribution in [0.5, 0.6) is 0 Å². The van der Waals surface area contributed by atoms with Gasteiger partial charge in [-0.2, -0.15) is 5.26 Å². The monoisotopic (exact) mass is 224 g/mol. The van der Waals surface area contributed by atoms with Crippen LogP contribution in [-0.2, 0) is 9.47 Å². The number of hydrogen-bond acceptors (Lipinski definition) is 4. The molecule has 2 fully saturated rings. The van der Waals surface area contributed by atoms with E-state index in [0.717, 1.165) is 26.1 Å². The molecule has 2 rings (SSSR count). The highest BCUT2D eigenvalue weighted by molar-refractivity contribution is 4.90. The van der Waals surface area contributed by atoms with Crippen LogP contribution in [0.2, 0.25) is 0 Å². The molecule has 0 N–H and O–H groups in total. The van der Waals surface area contributed by atoms with Gasteiger partial charge in [-0.3, -0.25) is 0 Å². The maximum absolute atomic E-state index is 8.65. The number of ether oxygens (including phenoxy) is 2. The lowest BCUT2D eigenvalue weighted by Crippen LogP contribution is -2.38. The van der Waals surface area contributed by atoms with Crippen molar-refractivity contribution >= 4 is 0 Å². The Balaban J connectivity index is 1.92. The van der Waals surface area contributed by atoms with Crippen LogP contribution in [0.4, 0.5) is 0 Å². The maximum atomic E-state index is 8.65. The standard InChI is InChI=1S/C12H20N2O2/c1-3-14-7-5-10(8-14)12(2)15-9-11(16-12)4-6-13/h10-11H,3-5,7-9H2,1-2H3. The lowest BCUT2D eigenvalue weighted by molar-refractivity contribution is -0.187. The molecule has 16 heavy (non-hydrogen) atoms. The van der Waals surface area contributed by atoms with E-state index in [0.29, 0.717) is 18.9 Å². The zero-order valence-electron chi connectivity index (χ0n) is 10.1. The first-order valence-corrected chi connectivity index (χ1v) is 6.09. The van der Waals surface area contributed by atoms with Crippen molar-refractivity contribution in [3.05, 3.63) is 0 Å². The molecule has 3 atom stereocenters. The Kier molecular flexibility index (Phi) is 3.48. The average Bonchev–Trinajstić information content (AvgIpc) is 2.86. The number of hydrogen-bond donors (Lipinski definition) is 0. The van der Waals surface area contributed by atoms with Gasteiger partial charge >= 0.3 is 0 Å². The third-order valence-electron chi connectivity index (χ3n) is 3.74. The molecule has 0 amide bonds. The summed E-state index contributed by atoms with van der Waals surface area (Å²) in [7, 11) is 0. The molecule has 3 unspecified atom stereocenters. The fraction of sp³-hybridized carbons (Fsp3) is 0.917. The minimum absolute atomic E-state index is 0.0364. The highest BCUT2D eigenvalue weighted by Crippen LogP contribution is 2.36. The first-order valence-electron chi connectivity index (χ1n) is 6.09. The second-order valence-corrected chi connectivity index (χ2v) is 4.81. The molecule has 0 aromatic heterocycles. The lowest BCUT2D eigenvalue weighted by atomic mass is 9.99. The van der Waals surface area contributed by atoms with E-state index in [2.05, 4.69) is 17.9 Å². The van der Waals surface area contributed by atoms with Crippen LogP contribution in [0.15, 0.2) is 0 Å². The summed E-state index contributed by atoms with van der Waals surface area (Å²) in [5, 5.41) is 8.65. The van der Waals surface area contributed by atoms with Gasteiger partial charge in [0.05, 0.1) is 25.2 Å². The molecule has 2 heterocycles. The summed E-state index contributed by atoms with van der Waals surface area (Å²) in [5.74, 6) is -0.0260. The van der Waals surface area contributed by atoms with Gasteiger partial charge in [-0.25, -0.2) is 0 Å². The van der Waals surface area contributed by atoms with Gasteiger partial charge in [0.15, 0.2) is 5.79 Å². The molecule has 0 spiro atoms. The van der Waals surface area contributed by atoms with Crippen molar-refractivity contribution in [1.82, 2.24) is 4.90 Å². The van der Waals surface area contributed by atoms with E-state index in [-0.39, 0.29) is 6.10 Å². The Morgan fingerprint density at radius 1 is 1.56 bits per heavy atom. The van der Waals surface area contributed by atoms with Gasteiger partial charge in [0.1, 0.15) is 0 Å². The van der Waals surface area contributed by atoms with Gasteiger partial charge < -0.3 is 14.4 Å². The molecule has 0 aromatic carbocycles. The fourth-order valence-corrected chi connectivity index (χ4v) is 2.62. The van der Waals surface area contributed by atoms with Crippen molar-refractivity contribution in [1.29, 1.82) is 5.26 Å². The molecule has 0 aromatic rings. The van der Waals surface area contributed by atoms with Gasteiger partial charge in [-0.1, -0.05) is 6.92 Å². The summed E-state index contributed by atoms with van der Waals surface area (Å²) in [4.78, 5) is 2.42. The third-order valence-corrected chi connectivity index (χ3v) is 3.74. The highest BCUT2D eigenvalue weighted by Gasteiger charge is 2.46. The van der Waals surface area contributed by atoms with Crippen LogP contribution in [0.1, 0.15) is 26.7 Å². The summed E-state index contributed by atoms with van der Waals surface area (Å²) in [6, 6.07) is 2.14.